The number of anilines is 1. The van der Waals surface area contributed by atoms with E-state index in [1.54, 1.807) is 0 Å². The third-order valence-corrected chi connectivity index (χ3v) is 3.61. The molecule has 1 aliphatic heterocycles. The third-order valence-electron chi connectivity index (χ3n) is 3.61. The molecule has 22 heavy (non-hydrogen) atoms. The van der Waals surface area contributed by atoms with Crippen molar-refractivity contribution in [3.05, 3.63) is 29.3 Å². The van der Waals surface area contributed by atoms with Crippen LogP contribution in [0.1, 0.15) is 17.5 Å². The van der Waals surface area contributed by atoms with Crippen LogP contribution in [0.2, 0.25) is 0 Å². The molecule has 0 spiro atoms. The van der Waals surface area contributed by atoms with Crippen molar-refractivity contribution in [2.24, 2.45) is 5.92 Å². The summed E-state index contributed by atoms with van der Waals surface area (Å²) in [5, 5.41) is 11.4. The number of rotatable bonds is 2. The summed E-state index contributed by atoms with van der Waals surface area (Å²) in [6.45, 7) is 1.72. The maximum Gasteiger partial charge on any atom is 0.416 e. The maximum atomic E-state index is 12.7. The van der Waals surface area contributed by atoms with Crippen molar-refractivity contribution in [1.82, 2.24) is 4.90 Å². The lowest BCUT2D eigenvalue weighted by Crippen LogP contribution is -2.33. The Hall–Kier alpha value is -2.25. The number of likely N-dealkylation sites (tertiary alicyclic amines) is 1. The van der Waals surface area contributed by atoms with Crippen molar-refractivity contribution in [2.75, 3.05) is 18.4 Å². The molecule has 0 radical (unpaired) electrons. The smallest absolute Gasteiger partial charge is 0.416 e. The number of hydrogen-bond acceptors (Lipinski definition) is 2. The zero-order valence-corrected chi connectivity index (χ0v) is 11.8. The normalized spacial score (nSPS) is 18.4. The predicted octanol–water partition coefficient (Wildman–Crippen LogP) is 2.95. The molecule has 1 aromatic carbocycles. The zero-order chi connectivity index (χ0) is 16.5. The summed E-state index contributed by atoms with van der Waals surface area (Å²) >= 11 is 0. The highest BCUT2D eigenvalue weighted by molar-refractivity contribution is 5.90. The van der Waals surface area contributed by atoms with Crippen LogP contribution >= 0.6 is 0 Å². The van der Waals surface area contributed by atoms with E-state index in [4.69, 9.17) is 5.11 Å². The molecule has 1 aromatic rings. The first-order valence-electron chi connectivity index (χ1n) is 6.65. The summed E-state index contributed by atoms with van der Waals surface area (Å²) in [5.74, 6) is -1.55. The van der Waals surface area contributed by atoms with E-state index in [2.05, 4.69) is 5.32 Å². The number of amides is 2. The molecule has 1 saturated heterocycles. The largest absolute Gasteiger partial charge is 0.481 e. The van der Waals surface area contributed by atoms with Crippen LogP contribution in [0.15, 0.2) is 18.2 Å². The van der Waals surface area contributed by atoms with Crippen molar-refractivity contribution >= 4 is 17.7 Å². The van der Waals surface area contributed by atoms with Gasteiger partial charge < -0.3 is 15.3 Å². The molecule has 1 fully saturated rings. The first-order valence-corrected chi connectivity index (χ1v) is 6.65. The minimum absolute atomic E-state index is 0.00938. The van der Waals surface area contributed by atoms with Gasteiger partial charge in [-0.05, 0) is 37.1 Å². The van der Waals surface area contributed by atoms with E-state index in [0.717, 1.165) is 6.07 Å². The fraction of sp³-hybridized carbons (Fsp3) is 0.429. The fourth-order valence-corrected chi connectivity index (χ4v) is 2.41. The van der Waals surface area contributed by atoms with Crippen molar-refractivity contribution in [3.63, 3.8) is 0 Å². The summed E-state index contributed by atoms with van der Waals surface area (Å²) in [6, 6.07) is 2.82. The molecule has 1 atom stereocenters. The lowest BCUT2D eigenvalue weighted by atomic mass is 10.1. The molecule has 8 heteroatoms. The van der Waals surface area contributed by atoms with Gasteiger partial charge in [-0.1, -0.05) is 0 Å². The standard InChI is InChI=1S/C14H15F3N2O3/c1-8-6-10(2-3-11(8)14(15,16)17)18-13(22)19-5-4-9(7-19)12(20)21/h2-3,6,9H,4-5,7H2,1H3,(H,18,22)(H,20,21). The molecule has 1 aliphatic rings. The number of aliphatic carboxylic acids is 1. The molecule has 1 unspecified atom stereocenters. The van der Waals surface area contributed by atoms with E-state index in [0.29, 0.717) is 13.0 Å². The average Bonchev–Trinajstić information content (AvgIpc) is 2.86. The summed E-state index contributed by atoms with van der Waals surface area (Å²) in [7, 11) is 0. The first kappa shape index (κ1) is 16.1. The topological polar surface area (TPSA) is 69.6 Å². The quantitative estimate of drug-likeness (QED) is 0.881. The molecule has 2 N–H and O–H groups in total. The number of benzene rings is 1. The highest BCUT2D eigenvalue weighted by Crippen LogP contribution is 2.33. The van der Waals surface area contributed by atoms with Crippen molar-refractivity contribution in [2.45, 2.75) is 19.5 Å². The fourth-order valence-electron chi connectivity index (χ4n) is 2.41. The highest BCUT2D eigenvalue weighted by atomic mass is 19.4. The Morgan fingerprint density at radius 2 is 2.05 bits per heavy atom. The molecule has 2 rings (SSSR count). The second-order valence-corrected chi connectivity index (χ2v) is 5.23. The predicted molar refractivity (Wildman–Crippen MR) is 72.5 cm³/mol. The summed E-state index contributed by atoms with van der Waals surface area (Å²) < 4.78 is 38.0. The van der Waals surface area contributed by atoms with Crippen LogP contribution in [-0.4, -0.2) is 35.1 Å². The number of carbonyl (C=O) groups excluding carboxylic acids is 1. The average molecular weight is 316 g/mol. The number of nitrogens with zero attached hydrogens (tertiary/aromatic N) is 1. The van der Waals surface area contributed by atoms with Gasteiger partial charge in [0.2, 0.25) is 0 Å². The number of hydrogen-bond donors (Lipinski definition) is 2. The number of carbonyl (C=O) groups is 2. The SMILES string of the molecule is Cc1cc(NC(=O)N2CCC(C(=O)O)C2)ccc1C(F)(F)F. The Balaban J connectivity index is 2.04. The Morgan fingerprint density at radius 3 is 2.55 bits per heavy atom. The van der Waals surface area contributed by atoms with Gasteiger partial charge in [0.1, 0.15) is 0 Å². The molecule has 0 aliphatic carbocycles. The van der Waals surface area contributed by atoms with E-state index in [9.17, 15) is 22.8 Å². The highest BCUT2D eigenvalue weighted by Gasteiger charge is 2.33. The molecule has 0 aromatic heterocycles. The van der Waals surface area contributed by atoms with Gasteiger partial charge in [-0.3, -0.25) is 4.79 Å². The van der Waals surface area contributed by atoms with E-state index in [-0.39, 0.29) is 17.8 Å². The number of halogens is 3. The molecule has 2 amide bonds. The molecule has 1 heterocycles. The summed E-state index contributed by atoms with van der Waals surface area (Å²) in [5.41, 5.74) is -0.498. The minimum Gasteiger partial charge on any atom is -0.481 e. The Kier molecular flexibility index (Phi) is 4.30. The molecule has 0 saturated carbocycles. The van der Waals surface area contributed by atoms with Gasteiger partial charge in [-0.25, -0.2) is 4.79 Å². The number of urea groups is 1. The van der Waals surface area contributed by atoms with Gasteiger partial charge in [0, 0.05) is 18.8 Å². The van der Waals surface area contributed by atoms with E-state index < -0.39 is 29.7 Å². The molecule has 120 valence electrons. The van der Waals surface area contributed by atoms with Gasteiger partial charge in [0.15, 0.2) is 0 Å². The van der Waals surface area contributed by atoms with Crippen LogP contribution in [0, 0.1) is 12.8 Å². The van der Waals surface area contributed by atoms with Gasteiger partial charge >= 0.3 is 18.2 Å². The first-order chi connectivity index (χ1) is 10.2. The van der Waals surface area contributed by atoms with Gasteiger partial charge in [-0.2, -0.15) is 13.2 Å². The molecular formula is C14H15F3N2O3. The summed E-state index contributed by atoms with van der Waals surface area (Å²) in [4.78, 5) is 24.2. The van der Waals surface area contributed by atoms with Crippen LogP contribution in [-0.2, 0) is 11.0 Å². The number of nitrogens with one attached hydrogen (secondary N) is 1. The van der Waals surface area contributed by atoms with Crippen molar-refractivity contribution in [1.29, 1.82) is 0 Å². The van der Waals surface area contributed by atoms with Crippen LogP contribution in [0.3, 0.4) is 0 Å². The summed E-state index contributed by atoms with van der Waals surface area (Å²) in [6.07, 6.45) is -4.06. The number of alkyl halides is 3. The second kappa shape index (κ2) is 5.86. The van der Waals surface area contributed by atoms with Crippen molar-refractivity contribution in [3.8, 4) is 0 Å². The monoisotopic (exact) mass is 316 g/mol. The van der Waals surface area contributed by atoms with E-state index >= 15 is 0 Å². The van der Waals surface area contributed by atoms with Crippen LogP contribution < -0.4 is 5.32 Å². The second-order valence-electron chi connectivity index (χ2n) is 5.23. The van der Waals surface area contributed by atoms with Gasteiger partial charge in [-0.15, -0.1) is 0 Å². The maximum absolute atomic E-state index is 12.7. The molecule has 0 bridgehead atoms. The van der Waals surface area contributed by atoms with Crippen LogP contribution in [0.4, 0.5) is 23.7 Å². The van der Waals surface area contributed by atoms with Crippen LogP contribution in [0.25, 0.3) is 0 Å². The molecule has 5 nitrogen and oxygen atoms in total. The zero-order valence-electron chi connectivity index (χ0n) is 11.8. The van der Waals surface area contributed by atoms with E-state index in [1.165, 1.54) is 24.0 Å². The number of carboxylic acids is 1. The Morgan fingerprint density at radius 1 is 1.36 bits per heavy atom. The third kappa shape index (κ3) is 3.49. The molecular weight excluding hydrogens is 301 g/mol. The Bertz CT molecular complexity index is 601. The number of aryl methyl sites for hydroxylation is 1. The lowest BCUT2D eigenvalue weighted by Gasteiger charge is -2.18. The van der Waals surface area contributed by atoms with Crippen molar-refractivity contribution < 1.29 is 27.9 Å². The minimum atomic E-state index is -4.43. The lowest BCUT2D eigenvalue weighted by molar-refractivity contribution is -0.141. The number of carboxylic acid groups (broad SMARTS) is 1. The van der Waals surface area contributed by atoms with E-state index in [1.807, 2.05) is 0 Å². The van der Waals surface area contributed by atoms with Gasteiger partial charge in [0.25, 0.3) is 0 Å². The Labute approximate surface area is 124 Å². The van der Waals surface area contributed by atoms with Crippen LogP contribution in [0.5, 0.6) is 0 Å². The van der Waals surface area contributed by atoms with Gasteiger partial charge in [0.05, 0.1) is 11.5 Å².